The van der Waals surface area contributed by atoms with Crippen molar-refractivity contribution in [2.24, 2.45) is 0 Å². The average molecular weight is 572 g/mol. The molecule has 0 bridgehead atoms. The summed E-state index contributed by atoms with van der Waals surface area (Å²) in [7, 11) is 0. The molecule has 1 amide bonds. The lowest BCUT2D eigenvalue weighted by Crippen LogP contribution is -2.16. The van der Waals surface area contributed by atoms with Crippen molar-refractivity contribution < 1.29 is 14.3 Å². The van der Waals surface area contributed by atoms with E-state index in [1.807, 2.05) is 49.4 Å². The summed E-state index contributed by atoms with van der Waals surface area (Å²) in [6.07, 6.45) is 1.84. The molecular weight excluding hydrogens is 551 g/mol. The molecule has 1 heterocycles. The normalized spacial score (nSPS) is 10.9. The zero-order valence-corrected chi connectivity index (χ0v) is 21.9. The van der Waals surface area contributed by atoms with Crippen LogP contribution in [0.15, 0.2) is 71.2 Å². The number of anilines is 1. The number of nitrogens with zero attached hydrogens (tertiary/aromatic N) is 1. The Morgan fingerprint density at radius 3 is 2.54 bits per heavy atom. The fourth-order valence-corrected chi connectivity index (χ4v) is 4.45. The highest BCUT2D eigenvalue weighted by Crippen LogP contribution is 2.36. The topological polar surface area (TPSA) is 68.3 Å². The van der Waals surface area contributed by atoms with Gasteiger partial charge in [-0.1, -0.05) is 82.8 Å². The number of pyridine rings is 1. The third-order valence-electron chi connectivity index (χ3n) is 5.31. The first kappa shape index (κ1) is 25.2. The highest BCUT2D eigenvalue weighted by atomic mass is 79.9. The second kappa shape index (κ2) is 11.2. The van der Waals surface area contributed by atoms with Gasteiger partial charge in [0.2, 0.25) is 0 Å². The average Bonchev–Trinajstić information content (AvgIpc) is 2.84. The quantitative estimate of drug-likeness (QED) is 0.179. The number of aromatic nitrogens is 1. The van der Waals surface area contributed by atoms with Gasteiger partial charge >= 0.3 is 5.97 Å². The predicted octanol–water partition coefficient (Wildman–Crippen LogP) is 8.32. The molecule has 0 aliphatic heterocycles. The summed E-state index contributed by atoms with van der Waals surface area (Å²) in [5.41, 5.74) is 2.46. The van der Waals surface area contributed by atoms with Crippen molar-refractivity contribution in [3.8, 4) is 17.0 Å². The number of nitrogens with one attached hydrogen (secondary N) is 1. The molecule has 4 aromatic rings. The Labute approximate surface area is 221 Å². The maximum Gasteiger partial charge on any atom is 0.311 e. The number of carbonyl (C=O) groups is 2. The van der Waals surface area contributed by atoms with Gasteiger partial charge in [0.1, 0.15) is 0 Å². The van der Waals surface area contributed by atoms with Crippen LogP contribution >= 0.6 is 39.1 Å². The van der Waals surface area contributed by atoms with Crippen LogP contribution in [-0.2, 0) is 4.79 Å². The number of fused-ring (bicyclic) bond motifs is 1. The number of ether oxygens (including phenoxy) is 1. The second-order valence-corrected chi connectivity index (χ2v) is 9.58. The zero-order valence-electron chi connectivity index (χ0n) is 18.8. The number of hydrogen-bond donors (Lipinski definition) is 1. The number of unbranched alkanes of at least 4 members (excludes halogenated alkanes) is 1. The van der Waals surface area contributed by atoms with Gasteiger partial charge in [0.15, 0.2) is 5.75 Å². The minimum absolute atomic E-state index is 0.172. The smallest absolute Gasteiger partial charge is 0.311 e. The number of amides is 1. The van der Waals surface area contributed by atoms with Crippen molar-refractivity contribution in [2.75, 3.05) is 5.32 Å². The van der Waals surface area contributed by atoms with Crippen molar-refractivity contribution in [2.45, 2.75) is 26.2 Å². The minimum Gasteiger partial charge on any atom is -0.424 e. The Morgan fingerprint density at radius 2 is 1.80 bits per heavy atom. The van der Waals surface area contributed by atoms with Gasteiger partial charge < -0.3 is 10.1 Å². The van der Waals surface area contributed by atoms with Crippen LogP contribution in [0.2, 0.25) is 10.0 Å². The lowest BCUT2D eigenvalue weighted by molar-refractivity contribution is -0.134. The molecule has 1 aromatic heterocycles. The fourth-order valence-electron chi connectivity index (χ4n) is 3.58. The summed E-state index contributed by atoms with van der Waals surface area (Å²) >= 11 is 16.4. The summed E-state index contributed by atoms with van der Waals surface area (Å²) < 4.78 is 6.28. The summed E-state index contributed by atoms with van der Waals surface area (Å²) in [5, 5.41) is 4.02. The van der Waals surface area contributed by atoms with Crippen molar-refractivity contribution in [1.82, 2.24) is 4.98 Å². The molecule has 35 heavy (non-hydrogen) atoms. The summed E-state index contributed by atoms with van der Waals surface area (Å²) in [4.78, 5) is 30.6. The van der Waals surface area contributed by atoms with Gasteiger partial charge in [0, 0.05) is 32.9 Å². The standard InChI is InChI=1S/C27H21BrCl2N2O3/c1-2-3-9-23(33)35-22-15-18(29)11-13-21(22)32-27(34)24-19-14-17(28)10-12-20(19)31-26(25(24)30)16-7-5-4-6-8-16/h4-8,10-15H,2-3,9H2,1H3,(H,32,34). The third kappa shape index (κ3) is 5.84. The van der Waals surface area contributed by atoms with Crippen LogP contribution in [0.25, 0.3) is 22.2 Å². The van der Waals surface area contributed by atoms with E-state index in [9.17, 15) is 9.59 Å². The van der Waals surface area contributed by atoms with Crippen LogP contribution in [0, 0.1) is 0 Å². The second-order valence-electron chi connectivity index (χ2n) is 7.85. The van der Waals surface area contributed by atoms with Gasteiger partial charge in [-0.3, -0.25) is 9.59 Å². The summed E-state index contributed by atoms with van der Waals surface area (Å²) in [6, 6.07) is 19.6. The first-order valence-corrected chi connectivity index (χ1v) is 12.6. The van der Waals surface area contributed by atoms with E-state index in [1.165, 1.54) is 6.07 Å². The van der Waals surface area contributed by atoms with Gasteiger partial charge in [0.05, 0.1) is 27.5 Å². The van der Waals surface area contributed by atoms with Crippen molar-refractivity contribution in [1.29, 1.82) is 0 Å². The summed E-state index contributed by atoms with van der Waals surface area (Å²) in [6.45, 7) is 1.99. The Bertz CT molecular complexity index is 1410. The Kier molecular flexibility index (Phi) is 8.06. The Hall–Kier alpha value is -2.93. The molecule has 3 aromatic carbocycles. The predicted molar refractivity (Wildman–Crippen MR) is 144 cm³/mol. The molecule has 4 rings (SSSR count). The van der Waals surface area contributed by atoms with Crippen molar-refractivity contribution in [3.63, 3.8) is 0 Å². The SMILES string of the molecule is CCCCC(=O)Oc1cc(Cl)ccc1NC(=O)c1c(Cl)c(-c2ccccc2)nc2ccc(Br)cc12. The first-order chi connectivity index (χ1) is 16.9. The van der Waals surface area contributed by atoms with E-state index < -0.39 is 11.9 Å². The molecule has 0 radical (unpaired) electrons. The minimum atomic E-state index is -0.467. The van der Waals surface area contributed by atoms with Crippen LogP contribution in [0.4, 0.5) is 5.69 Å². The number of halogens is 3. The molecule has 8 heteroatoms. The largest absolute Gasteiger partial charge is 0.424 e. The van der Waals surface area contributed by atoms with Crippen LogP contribution in [0.1, 0.15) is 36.5 Å². The molecule has 0 spiro atoms. The Morgan fingerprint density at radius 1 is 1.03 bits per heavy atom. The molecule has 178 valence electrons. The number of esters is 1. The summed E-state index contributed by atoms with van der Waals surface area (Å²) in [5.74, 6) is -0.691. The van der Waals surface area contributed by atoms with E-state index in [-0.39, 0.29) is 22.8 Å². The maximum absolute atomic E-state index is 13.6. The first-order valence-electron chi connectivity index (χ1n) is 11.0. The molecule has 0 aliphatic carbocycles. The maximum atomic E-state index is 13.6. The molecular formula is C27H21BrCl2N2O3. The van der Waals surface area contributed by atoms with Gasteiger partial charge in [-0.2, -0.15) is 0 Å². The number of hydrogen-bond acceptors (Lipinski definition) is 4. The van der Waals surface area contributed by atoms with E-state index in [0.29, 0.717) is 33.7 Å². The van der Waals surface area contributed by atoms with Crippen LogP contribution in [0.5, 0.6) is 5.75 Å². The molecule has 0 aliphatic rings. The monoisotopic (exact) mass is 570 g/mol. The van der Waals surface area contributed by atoms with Crippen LogP contribution in [-0.4, -0.2) is 16.9 Å². The van der Waals surface area contributed by atoms with Gasteiger partial charge in [0.25, 0.3) is 5.91 Å². The third-order valence-corrected chi connectivity index (χ3v) is 6.41. The number of carbonyl (C=O) groups excluding carboxylic acids is 2. The van der Waals surface area contributed by atoms with E-state index >= 15 is 0 Å². The Balaban J connectivity index is 1.78. The number of benzene rings is 3. The van der Waals surface area contributed by atoms with Gasteiger partial charge in [-0.05, 0) is 36.8 Å². The van der Waals surface area contributed by atoms with Gasteiger partial charge in [-0.15, -0.1) is 0 Å². The lowest BCUT2D eigenvalue weighted by atomic mass is 10.0. The van der Waals surface area contributed by atoms with Gasteiger partial charge in [-0.25, -0.2) is 4.98 Å². The van der Waals surface area contributed by atoms with Crippen LogP contribution in [0.3, 0.4) is 0 Å². The highest BCUT2D eigenvalue weighted by Gasteiger charge is 2.22. The molecule has 0 saturated carbocycles. The zero-order chi connectivity index (χ0) is 24.9. The van der Waals surface area contributed by atoms with E-state index in [1.54, 1.807) is 18.2 Å². The molecule has 0 fully saturated rings. The molecule has 0 atom stereocenters. The highest BCUT2D eigenvalue weighted by molar-refractivity contribution is 9.10. The molecule has 1 N–H and O–H groups in total. The lowest BCUT2D eigenvalue weighted by Gasteiger charge is -2.15. The molecule has 0 unspecified atom stereocenters. The molecule has 5 nitrogen and oxygen atoms in total. The fraction of sp³-hybridized carbons (Fsp3) is 0.148. The van der Waals surface area contributed by atoms with Crippen molar-refractivity contribution >= 4 is 67.6 Å². The number of rotatable bonds is 7. The van der Waals surface area contributed by atoms with E-state index in [0.717, 1.165) is 16.5 Å². The van der Waals surface area contributed by atoms with Crippen LogP contribution < -0.4 is 10.1 Å². The van der Waals surface area contributed by atoms with Crippen molar-refractivity contribution in [3.05, 3.63) is 86.8 Å². The van der Waals surface area contributed by atoms with E-state index in [4.69, 9.17) is 32.9 Å². The molecule has 0 saturated heterocycles. The van der Waals surface area contributed by atoms with E-state index in [2.05, 4.69) is 21.2 Å².